The molecule has 0 aliphatic carbocycles. The Morgan fingerprint density at radius 3 is 2.29 bits per heavy atom. The van der Waals surface area contributed by atoms with E-state index in [0.29, 0.717) is 5.17 Å². The fraction of sp³-hybridized carbons (Fsp3) is 0.333. The number of benzene rings is 2. The van der Waals surface area contributed by atoms with Gasteiger partial charge in [0.15, 0.2) is 15.0 Å². The van der Waals surface area contributed by atoms with Crippen molar-refractivity contribution in [3.05, 3.63) is 65.2 Å². The fourth-order valence-corrected chi connectivity index (χ4v) is 7.53. The van der Waals surface area contributed by atoms with Crippen LogP contribution >= 0.6 is 11.8 Å². The topological polar surface area (TPSA) is 66.8 Å². The van der Waals surface area contributed by atoms with Crippen molar-refractivity contribution in [1.82, 2.24) is 0 Å². The molecule has 0 aromatic heterocycles. The van der Waals surface area contributed by atoms with Crippen LogP contribution in [0.5, 0.6) is 0 Å². The molecule has 0 radical (unpaired) electrons. The third-order valence-electron chi connectivity index (χ3n) is 5.08. The summed E-state index contributed by atoms with van der Waals surface area (Å²) in [5, 5.41) is 0.517. The third kappa shape index (κ3) is 4.00. The van der Waals surface area contributed by atoms with E-state index in [1.54, 1.807) is 0 Å². The van der Waals surface area contributed by atoms with E-state index in [1.165, 1.54) is 11.8 Å². The molecule has 2 saturated heterocycles. The smallest absolute Gasteiger partial charge is 0.252 e. The molecule has 146 valence electrons. The number of aliphatic imine (C=N–C) groups is 1. The first-order valence-corrected chi connectivity index (χ1v) is 11.9. The first kappa shape index (κ1) is 19.2. The summed E-state index contributed by atoms with van der Waals surface area (Å²) in [7, 11) is -3.06. The third-order valence-corrected chi connectivity index (χ3v) is 8.28. The number of rotatable bonds is 3. The highest BCUT2D eigenvalue weighted by Gasteiger charge is 2.49. The van der Waals surface area contributed by atoms with Gasteiger partial charge in [0.1, 0.15) is 0 Å². The highest BCUT2D eigenvalue weighted by molar-refractivity contribution is 8.16. The molecule has 2 aromatic rings. The van der Waals surface area contributed by atoms with Crippen LogP contribution in [0.25, 0.3) is 0 Å². The number of fused-ring (bicyclic) bond motifs is 1. The number of carbonyl (C=O) groups is 1. The normalized spacial score (nSPS) is 24.5. The number of nitrogens with zero attached hydrogens (tertiary/aromatic N) is 2. The lowest BCUT2D eigenvalue weighted by molar-refractivity contribution is -0.117. The standard InChI is InChI=1S/C21H22N2O3S2/c1-14-3-7-16(8-4-14)11-20(24)22-21-23(17-9-5-15(2)6-10-17)18-12-28(25,26)13-19(18)27-21/h3-10,18-19H,11-13H2,1-2H3/t18-,19-/m1/s1. The van der Waals surface area contributed by atoms with Crippen molar-refractivity contribution < 1.29 is 13.2 Å². The molecule has 2 atom stereocenters. The van der Waals surface area contributed by atoms with Crippen LogP contribution in [0.15, 0.2) is 53.5 Å². The molecule has 2 aliphatic rings. The Kier molecular flexibility index (Phi) is 5.05. The Hall–Kier alpha value is -2.12. The molecule has 5 nitrogen and oxygen atoms in total. The van der Waals surface area contributed by atoms with Crippen molar-refractivity contribution in [2.45, 2.75) is 31.6 Å². The van der Waals surface area contributed by atoms with Crippen LogP contribution in [0.1, 0.15) is 16.7 Å². The van der Waals surface area contributed by atoms with Crippen molar-refractivity contribution in [3.63, 3.8) is 0 Å². The monoisotopic (exact) mass is 414 g/mol. The van der Waals surface area contributed by atoms with Crippen LogP contribution in [0.4, 0.5) is 5.69 Å². The summed E-state index contributed by atoms with van der Waals surface area (Å²) in [6.07, 6.45) is 0.236. The molecule has 28 heavy (non-hydrogen) atoms. The zero-order valence-electron chi connectivity index (χ0n) is 15.8. The van der Waals surface area contributed by atoms with Gasteiger partial charge >= 0.3 is 0 Å². The predicted molar refractivity (Wildman–Crippen MR) is 115 cm³/mol. The Balaban J connectivity index is 1.62. The quantitative estimate of drug-likeness (QED) is 0.772. The second-order valence-electron chi connectivity index (χ2n) is 7.46. The number of amidine groups is 1. The van der Waals surface area contributed by atoms with E-state index in [-0.39, 0.29) is 35.1 Å². The first-order valence-electron chi connectivity index (χ1n) is 9.21. The van der Waals surface area contributed by atoms with Crippen molar-refractivity contribution in [1.29, 1.82) is 0 Å². The van der Waals surface area contributed by atoms with E-state index >= 15 is 0 Å². The second kappa shape index (κ2) is 7.37. The van der Waals surface area contributed by atoms with Gasteiger partial charge in [-0.3, -0.25) is 4.79 Å². The molecule has 0 saturated carbocycles. The minimum atomic E-state index is -3.06. The maximum Gasteiger partial charge on any atom is 0.252 e. The zero-order chi connectivity index (χ0) is 19.9. The van der Waals surface area contributed by atoms with E-state index in [9.17, 15) is 13.2 Å². The van der Waals surface area contributed by atoms with E-state index < -0.39 is 9.84 Å². The van der Waals surface area contributed by atoms with Crippen LogP contribution in [-0.2, 0) is 21.1 Å². The molecule has 0 bridgehead atoms. The lowest BCUT2D eigenvalue weighted by atomic mass is 10.1. The Morgan fingerprint density at radius 1 is 1.04 bits per heavy atom. The highest BCUT2D eigenvalue weighted by Crippen LogP contribution is 2.41. The molecule has 2 heterocycles. The van der Waals surface area contributed by atoms with E-state index in [4.69, 9.17) is 0 Å². The Morgan fingerprint density at radius 2 is 1.64 bits per heavy atom. The van der Waals surface area contributed by atoms with Gasteiger partial charge < -0.3 is 4.90 Å². The number of hydrogen-bond donors (Lipinski definition) is 0. The number of hydrogen-bond acceptors (Lipinski definition) is 4. The van der Waals surface area contributed by atoms with Crippen LogP contribution in [-0.4, -0.2) is 42.3 Å². The van der Waals surface area contributed by atoms with E-state index in [0.717, 1.165) is 22.4 Å². The summed E-state index contributed by atoms with van der Waals surface area (Å²) >= 11 is 1.41. The molecular formula is C21H22N2O3S2. The van der Waals surface area contributed by atoms with E-state index in [2.05, 4.69) is 4.99 Å². The number of aryl methyl sites for hydroxylation is 2. The SMILES string of the molecule is Cc1ccc(CC(=O)N=C2S[C@@H]3CS(=O)(=O)C[C@H]3N2c2ccc(C)cc2)cc1. The number of sulfone groups is 1. The molecule has 7 heteroatoms. The number of amides is 1. The summed E-state index contributed by atoms with van der Waals surface area (Å²) in [6, 6.07) is 15.6. The molecule has 2 aromatic carbocycles. The van der Waals surface area contributed by atoms with Crippen LogP contribution in [0, 0.1) is 13.8 Å². The molecule has 1 amide bonds. The molecule has 0 unspecified atom stereocenters. The predicted octanol–water partition coefficient (Wildman–Crippen LogP) is 3.15. The number of carbonyl (C=O) groups excluding carboxylic acids is 1. The van der Waals surface area contributed by atoms with Gasteiger partial charge in [-0.25, -0.2) is 8.42 Å². The van der Waals surface area contributed by atoms with Gasteiger partial charge in [-0.05, 0) is 31.5 Å². The largest absolute Gasteiger partial charge is 0.316 e. The minimum absolute atomic E-state index is 0.0859. The fourth-order valence-electron chi connectivity index (χ4n) is 3.60. The van der Waals surface area contributed by atoms with Gasteiger partial charge in [0.2, 0.25) is 0 Å². The van der Waals surface area contributed by atoms with Crippen molar-refractivity contribution in [2.24, 2.45) is 4.99 Å². The average Bonchev–Trinajstić information content (AvgIpc) is 3.09. The first-order chi connectivity index (χ1) is 13.3. The summed E-state index contributed by atoms with van der Waals surface area (Å²) in [6.45, 7) is 4.01. The van der Waals surface area contributed by atoms with Gasteiger partial charge in [-0.1, -0.05) is 59.3 Å². The van der Waals surface area contributed by atoms with Gasteiger partial charge in [0.25, 0.3) is 5.91 Å². The average molecular weight is 415 g/mol. The van der Waals surface area contributed by atoms with Gasteiger partial charge in [0, 0.05) is 10.9 Å². The van der Waals surface area contributed by atoms with Crippen LogP contribution in [0.2, 0.25) is 0 Å². The molecule has 2 fully saturated rings. The van der Waals surface area contributed by atoms with Gasteiger partial charge in [-0.2, -0.15) is 4.99 Å². The zero-order valence-corrected chi connectivity index (χ0v) is 17.5. The lowest BCUT2D eigenvalue weighted by Gasteiger charge is -2.24. The molecule has 0 N–H and O–H groups in total. The molecular weight excluding hydrogens is 392 g/mol. The van der Waals surface area contributed by atoms with E-state index in [1.807, 2.05) is 67.3 Å². The maximum atomic E-state index is 12.6. The van der Waals surface area contributed by atoms with Crippen LogP contribution in [0.3, 0.4) is 0 Å². The van der Waals surface area contributed by atoms with Crippen molar-refractivity contribution in [2.75, 3.05) is 16.4 Å². The number of anilines is 1. The summed E-state index contributed by atoms with van der Waals surface area (Å²) in [4.78, 5) is 18.9. The van der Waals surface area contributed by atoms with Crippen molar-refractivity contribution in [3.8, 4) is 0 Å². The summed E-state index contributed by atoms with van der Waals surface area (Å²) < 4.78 is 24.3. The maximum absolute atomic E-state index is 12.6. The Bertz CT molecular complexity index is 1030. The minimum Gasteiger partial charge on any atom is -0.316 e. The second-order valence-corrected chi connectivity index (χ2v) is 10.8. The number of thioether (sulfide) groups is 1. The van der Waals surface area contributed by atoms with Gasteiger partial charge in [-0.15, -0.1) is 0 Å². The highest BCUT2D eigenvalue weighted by atomic mass is 32.2. The molecule has 2 aliphatic heterocycles. The van der Waals surface area contributed by atoms with Crippen molar-refractivity contribution >= 4 is 38.4 Å². The lowest BCUT2D eigenvalue weighted by Crippen LogP contribution is -2.37. The molecule has 0 spiro atoms. The van der Waals surface area contributed by atoms with Crippen LogP contribution < -0.4 is 4.90 Å². The summed E-state index contributed by atoms with van der Waals surface area (Å²) in [5.41, 5.74) is 4.07. The summed E-state index contributed by atoms with van der Waals surface area (Å²) in [5.74, 6) is 0.0193. The van der Waals surface area contributed by atoms with Gasteiger partial charge in [0.05, 0.1) is 24.0 Å². The molecule has 4 rings (SSSR count). The Labute approximate surface area is 169 Å².